The van der Waals surface area contributed by atoms with Gasteiger partial charge in [-0.2, -0.15) is 0 Å². The highest BCUT2D eigenvalue weighted by Crippen LogP contribution is 2.31. The third-order valence-electron chi connectivity index (χ3n) is 5.91. The molecule has 1 aliphatic heterocycles. The van der Waals surface area contributed by atoms with Crippen LogP contribution < -0.4 is 5.32 Å². The second-order valence-corrected chi connectivity index (χ2v) is 9.02. The van der Waals surface area contributed by atoms with Crippen LogP contribution in [0.2, 0.25) is 0 Å². The van der Waals surface area contributed by atoms with E-state index >= 15 is 0 Å². The number of anilines is 2. The van der Waals surface area contributed by atoms with Gasteiger partial charge in [-0.15, -0.1) is 10.2 Å². The van der Waals surface area contributed by atoms with Gasteiger partial charge in [-0.25, -0.2) is 4.98 Å². The minimum Gasteiger partial charge on any atom is -0.342 e. The first kappa shape index (κ1) is 19.3. The van der Waals surface area contributed by atoms with Crippen molar-refractivity contribution in [1.82, 2.24) is 20.1 Å². The second kappa shape index (κ2) is 8.99. The Kier molecular flexibility index (Phi) is 6.20. The maximum atomic E-state index is 12.7. The van der Waals surface area contributed by atoms with Crippen LogP contribution in [0.25, 0.3) is 0 Å². The van der Waals surface area contributed by atoms with Gasteiger partial charge in [-0.1, -0.05) is 37.2 Å². The van der Waals surface area contributed by atoms with Crippen molar-refractivity contribution in [3.63, 3.8) is 0 Å². The highest BCUT2D eigenvalue weighted by Gasteiger charge is 2.28. The number of rotatable bonds is 6. The number of carbonyl (C=O) groups is 1. The SMILES string of the molecule is CCc1nnc(Nc2cccc([C@@H]3CCCN(C(=O)CC4CCCC4)C3)n2)s1. The Hall–Kier alpha value is -2.02. The number of aryl methyl sites for hydroxylation is 1. The summed E-state index contributed by atoms with van der Waals surface area (Å²) in [6.45, 7) is 3.76. The Morgan fingerprint density at radius 3 is 2.86 bits per heavy atom. The summed E-state index contributed by atoms with van der Waals surface area (Å²) in [4.78, 5) is 19.6. The number of nitrogens with zero attached hydrogens (tertiary/aromatic N) is 4. The van der Waals surface area contributed by atoms with Crippen LogP contribution in [-0.4, -0.2) is 39.1 Å². The summed E-state index contributed by atoms with van der Waals surface area (Å²) in [5, 5.41) is 13.4. The molecule has 4 rings (SSSR count). The van der Waals surface area contributed by atoms with Crippen LogP contribution in [0, 0.1) is 5.92 Å². The predicted octanol–water partition coefficient (Wildman–Crippen LogP) is 4.53. The van der Waals surface area contributed by atoms with E-state index in [9.17, 15) is 4.79 Å². The van der Waals surface area contributed by atoms with Crippen LogP contribution in [0.4, 0.5) is 10.9 Å². The molecule has 2 aromatic rings. The summed E-state index contributed by atoms with van der Waals surface area (Å²) < 4.78 is 0. The van der Waals surface area contributed by atoms with Crippen molar-refractivity contribution in [1.29, 1.82) is 0 Å². The third kappa shape index (κ3) is 4.69. The van der Waals surface area contributed by atoms with E-state index in [1.807, 2.05) is 12.1 Å². The number of hydrogen-bond donors (Lipinski definition) is 1. The lowest BCUT2D eigenvalue weighted by atomic mass is 9.93. The molecule has 2 aromatic heterocycles. The van der Waals surface area contributed by atoms with E-state index in [0.29, 0.717) is 17.7 Å². The van der Waals surface area contributed by atoms with Crippen LogP contribution in [0.15, 0.2) is 18.2 Å². The Morgan fingerprint density at radius 2 is 2.07 bits per heavy atom. The average molecular weight is 400 g/mol. The molecule has 1 N–H and O–H groups in total. The predicted molar refractivity (Wildman–Crippen MR) is 112 cm³/mol. The summed E-state index contributed by atoms with van der Waals surface area (Å²) in [6, 6.07) is 6.08. The van der Waals surface area contributed by atoms with E-state index in [0.717, 1.165) is 60.4 Å². The van der Waals surface area contributed by atoms with Gasteiger partial charge in [0, 0.05) is 31.1 Å². The molecule has 0 bridgehead atoms. The van der Waals surface area contributed by atoms with E-state index in [2.05, 4.69) is 33.4 Å². The monoisotopic (exact) mass is 399 g/mol. The van der Waals surface area contributed by atoms with Crippen molar-refractivity contribution in [3.8, 4) is 0 Å². The Balaban J connectivity index is 1.39. The Labute approximate surface area is 170 Å². The van der Waals surface area contributed by atoms with Gasteiger partial charge >= 0.3 is 0 Å². The van der Waals surface area contributed by atoms with Crippen LogP contribution in [0.3, 0.4) is 0 Å². The molecule has 6 nitrogen and oxygen atoms in total. The molecule has 1 aliphatic carbocycles. The summed E-state index contributed by atoms with van der Waals surface area (Å²) >= 11 is 1.56. The van der Waals surface area contributed by atoms with Gasteiger partial charge in [0.05, 0.1) is 0 Å². The van der Waals surface area contributed by atoms with E-state index in [1.165, 1.54) is 25.7 Å². The van der Waals surface area contributed by atoms with E-state index in [1.54, 1.807) is 11.3 Å². The maximum absolute atomic E-state index is 12.7. The van der Waals surface area contributed by atoms with Gasteiger partial charge in [0.15, 0.2) is 0 Å². The van der Waals surface area contributed by atoms with Crippen LogP contribution in [-0.2, 0) is 11.2 Å². The summed E-state index contributed by atoms with van der Waals surface area (Å²) in [5.74, 6) is 2.06. The minimum absolute atomic E-state index is 0.309. The lowest BCUT2D eigenvalue weighted by Crippen LogP contribution is -2.39. The van der Waals surface area contributed by atoms with Crippen molar-refractivity contribution in [2.75, 3.05) is 18.4 Å². The van der Waals surface area contributed by atoms with Crippen molar-refractivity contribution in [2.24, 2.45) is 5.92 Å². The van der Waals surface area contributed by atoms with Gasteiger partial charge in [0.1, 0.15) is 10.8 Å². The number of pyridine rings is 1. The molecule has 150 valence electrons. The molecule has 0 radical (unpaired) electrons. The standard InChI is InChI=1S/C21H29N5OS/c1-2-19-24-25-21(28-19)23-18-11-5-10-17(22-18)16-9-6-12-26(14-16)20(27)13-15-7-3-4-8-15/h5,10-11,15-16H,2-4,6-9,12-14H2,1H3,(H,22,23,25)/t16-/m1/s1. The lowest BCUT2D eigenvalue weighted by Gasteiger charge is -2.33. The van der Waals surface area contributed by atoms with Crippen LogP contribution >= 0.6 is 11.3 Å². The van der Waals surface area contributed by atoms with Crippen LogP contribution in [0.5, 0.6) is 0 Å². The number of hydrogen-bond acceptors (Lipinski definition) is 6. The molecule has 0 spiro atoms. The zero-order valence-corrected chi connectivity index (χ0v) is 17.4. The Morgan fingerprint density at radius 1 is 1.21 bits per heavy atom. The summed E-state index contributed by atoms with van der Waals surface area (Å²) in [5.41, 5.74) is 1.06. The summed E-state index contributed by atoms with van der Waals surface area (Å²) in [6.07, 6.45) is 8.79. The zero-order valence-electron chi connectivity index (χ0n) is 16.6. The number of carbonyl (C=O) groups excluding carboxylic acids is 1. The Bertz CT molecular complexity index is 802. The zero-order chi connectivity index (χ0) is 19.3. The molecule has 1 saturated heterocycles. The first-order valence-corrected chi connectivity index (χ1v) is 11.4. The highest BCUT2D eigenvalue weighted by molar-refractivity contribution is 7.15. The molecular formula is C21H29N5OS. The fourth-order valence-electron chi connectivity index (χ4n) is 4.34. The molecule has 0 unspecified atom stereocenters. The third-order valence-corrected chi connectivity index (χ3v) is 6.89. The first-order valence-electron chi connectivity index (χ1n) is 10.6. The van der Waals surface area contributed by atoms with E-state index < -0.39 is 0 Å². The number of nitrogens with one attached hydrogen (secondary N) is 1. The first-order chi connectivity index (χ1) is 13.7. The van der Waals surface area contributed by atoms with Gasteiger partial charge in [0.2, 0.25) is 11.0 Å². The molecule has 2 fully saturated rings. The minimum atomic E-state index is 0.309. The maximum Gasteiger partial charge on any atom is 0.222 e. The fraction of sp³-hybridized carbons (Fsp3) is 0.619. The molecule has 3 heterocycles. The van der Waals surface area contributed by atoms with Crippen molar-refractivity contribution >= 4 is 28.2 Å². The smallest absolute Gasteiger partial charge is 0.222 e. The molecule has 1 amide bonds. The van der Waals surface area contributed by atoms with Gasteiger partial charge < -0.3 is 10.2 Å². The number of amides is 1. The molecule has 28 heavy (non-hydrogen) atoms. The molecular weight excluding hydrogens is 370 g/mol. The normalized spacial score (nSPS) is 20.5. The number of aromatic nitrogens is 3. The van der Waals surface area contributed by atoms with Crippen molar-refractivity contribution in [2.45, 2.75) is 64.2 Å². The molecule has 7 heteroatoms. The lowest BCUT2D eigenvalue weighted by molar-refractivity contribution is -0.133. The van der Waals surface area contributed by atoms with Crippen molar-refractivity contribution < 1.29 is 4.79 Å². The van der Waals surface area contributed by atoms with Crippen molar-refractivity contribution in [3.05, 3.63) is 28.9 Å². The number of piperidine rings is 1. The molecule has 0 aromatic carbocycles. The van der Waals surface area contributed by atoms with Gasteiger partial charge in [-0.3, -0.25) is 4.79 Å². The quantitative estimate of drug-likeness (QED) is 0.773. The van der Waals surface area contributed by atoms with Gasteiger partial charge in [-0.05, 0) is 50.2 Å². The second-order valence-electron chi connectivity index (χ2n) is 7.96. The average Bonchev–Trinajstić information content (AvgIpc) is 3.40. The topological polar surface area (TPSA) is 71.0 Å². The molecule has 1 atom stereocenters. The molecule has 1 saturated carbocycles. The summed E-state index contributed by atoms with van der Waals surface area (Å²) in [7, 11) is 0. The van der Waals surface area contributed by atoms with E-state index in [4.69, 9.17) is 4.98 Å². The van der Waals surface area contributed by atoms with Crippen LogP contribution in [0.1, 0.15) is 68.5 Å². The fourth-order valence-corrected chi connectivity index (χ4v) is 5.03. The molecule has 2 aliphatic rings. The van der Waals surface area contributed by atoms with E-state index in [-0.39, 0.29) is 0 Å². The highest BCUT2D eigenvalue weighted by atomic mass is 32.1. The van der Waals surface area contributed by atoms with Gasteiger partial charge in [0.25, 0.3) is 0 Å². The largest absolute Gasteiger partial charge is 0.342 e. The number of likely N-dealkylation sites (tertiary alicyclic amines) is 1.